The zero-order valence-corrected chi connectivity index (χ0v) is 18.8. The summed E-state index contributed by atoms with van der Waals surface area (Å²) in [4.78, 5) is 19.2. The number of halogens is 4. The molecular weight excluding hydrogens is 473 g/mol. The number of likely N-dealkylation sites (tertiary alicyclic amines) is 1. The Morgan fingerprint density at radius 1 is 1.12 bits per heavy atom. The van der Waals surface area contributed by atoms with Crippen LogP contribution in [0.5, 0.6) is 0 Å². The summed E-state index contributed by atoms with van der Waals surface area (Å²) in [5.41, 5.74) is 0.811. The number of hydrogen-bond acceptors (Lipinski definition) is 4. The molecule has 1 fully saturated rings. The van der Waals surface area contributed by atoms with E-state index >= 15 is 0 Å². The van der Waals surface area contributed by atoms with Gasteiger partial charge in [0.25, 0.3) is 5.91 Å². The van der Waals surface area contributed by atoms with Crippen molar-refractivity contribution in [3.05, 3.63) is 69.2 Å². The number of amidine groups is 1. The van der Waals surface area contributed by atoms with Crippen molar-refractivity contribution in [2.45, 2.75) is 25.6 Å². The first-order valence-electron chi connectivity index (χ1n) is 10.4. The molecule has 0 unspecified atom stereocenters. The highest BCUT2D eigenvalue weighted by molar-refractivity contribution is 8.18. The molecule has 5 rings (SSSR count). The van der Waals surface area contributed by atoms with Gasteiger partial charge in [0, 0.05) is 23.5 Å². The van der Waals surface area contributed by atoms with Gasteiger partial charge in [0.1, 0.15) is 0 Å². The molecule has 0 radical (unpaired) electrons. The number of benzene rings is 2. The molecule has 0 aliphatic carbocycles. The van der Waals surface area contributed by atoms with Crippen LogP contribution in [-0.4, -0.2) is 38.8 Å². The summed E-state index contributed by atoms with van der Waals surface area (Å²) >= 11 is 7.16. The number of amides is 1. The number of aliphatic imine (C=N–C) groups is 1. The van der Waals surface area contributed by atoms with Crippen LogP contribution in [0, 0.1) is 0 Å². The lowest BCUT2D eigenvalue weighted by atomic mass is 10.1. The van der Waals surface area contributed by atoms with Gasteiger partial charge in [-0.2, -0.15) is 23.3 Å². The third-order valence-corrected chi connectivity index (χ3v) is 6.93. The van der Waals surface area contributed by atoms with Crippen LogP contribution < -0.4 is 0 Å². The summed E-state index contributed by atoms with van der Waals surface area (Å²) in [5, 5.41) is 5.83. The molecule has 1 saturated heterocycles. The van der Waals surface area contributed by atoms with Gasteiger partial charge >= 0.3 is 6.18 Å². The first-order valence-corrected chi connectivity index (χ1v) is 11.6. The van der Waals surface area contributed by atoms with Crippen LogP contribution in [0.2, 0.25) is 5.02 Å². The Hall–Kier alpha value is -2.78. The van der Waals surface area contributed by atoms with Crippen molar-refractivity contribution in [1.29, 1.82) is 0 Å². The molecule has 0 saturated carbocycles. The van der Waals surface area contributed by atoms with Crippen LogP contribution in [0.15, 0.2) is 52.5 Å². The normalized spacial score (nSPS) is 18.1. The monoisotopic (exact) mass is 490 g/mol. The average molecular weight is 491 g/mol. The maximum Gasteiger partial charge on any atom is 0.416 e. The number of thioether (sulfide) groups is 1. The van der Waals surface area contributed by atoms with E-state index in [0.717, 1.165) is 48.1 Å². The summed E-state index contributed by atoms with van der Waals surface area (Å²) in [6.07, 6.45) is 1.10. The first kappa shape index (κ1) is 22.0. The summed E-state index contributed by atoms with van der Waals surface area (Å²) in [5.74, 6) is -0.250. The summed E-state index contributed by atoms with van der Waals surface area (Å²) < 4.78 is 41.8. The van der Waals surface area contributed by atoms with Gasteiger partial charge in [0.15, 0.2) is 5.17 Å². The second-order valence-electron chi connectivity index (χ2n) is 7.92. The van der Waals surface area contributed by atoms with E-state index in [2.05, 4.69) is 15.0 Å². The number of hydrogen-bond donors (Lipinski definition) is 0. The van der Waals surface area contributed by atoms with E-state index in [4.69, 9.17) is 11.6 Å². The molecule has 0 spiro atoms. The highest BCUT2D eigenvalue weighted by atomic mass is 35.5. The fourth-order valence-corrected chi connectivity index (χ4v) is 5.16. The molecule has 2 aliphatic rings. The highest BCUT2D eigenvalue weighted by Crippen LogP contribution is 2.35. The maximum absolute atomic E-state index is 13.4. The molecule has 2 aliphatic heterocycles. The van der Waals surface area contributed by atoms with Crippen LogP contribution >= 0.6 is 23.4 Å². The molecule has 3 aromatic rings. The zero-order chi connectivity index (χ0) is 23.2. The number of rotatable bonds is 3. The zero-order valence-electron chi connectivity index (χ0n) is 17.3. The van der Waals surface area contributed by atoms with Gasteiger partial charge < -0.3 is 4.90 Å². The lowest BCUT2D eigenvalue weighted by Gasteiger charge is -2.14. The molecule has 2 aromatic carbocycles. The fraction of sp³-hybridized carbons (Fsp3) is 0.261. The Kier molecular flexibility index (Phi) is 5.70. The molecule has 5 nitrogen and oxygen atoms in total. The summed E-state index contributed by atoms with van der Waals surface area (Å²) in [6, 6.07) is 9.23. The van der Waals surface area contributed by atoms with E-state index in [1.807, 2.05) is 12.1 Å². The molecular formula is C23H18ClF3N4OS. The fourth-order valence-electron chi connectivity index (χ4n) is 4.03. The van der Waals surface area contributed by atoms with Crippen LogP contribution in [0.3, 0.4) is 0 Å². The second kappa shape index (κ2) is 8.53. The number of alkyl halides is 3. The molecule has 0 N–H and O–H groups in total. The van der Waals surface area contributed by atoms with E-state index in [1.54, 1.807) is 18.3 Å². The summed E-state index contributed by atoms with van der Waals surface area (Å²) in [6.45, 7) is 1.79. The topological polar surface area (TPSA) is 50.5 Å². The minimum absolute atomic E-state index is 0.0327. The van der Waals surface area contributed by atoms with Crippen LogP contribution in [0.1, 0.15) is 29.5 Å². The van der Waals surface area contributed by atoms with Gasteiger partial charge in [-0.3, -0.25) is 9.48 Å². The number of aromatic nitrogens is 2. The standard InChI is InChI=1S/C23H18ClF3N4OS/c24-17-5-4-15(18(11-17)23(25,26)27)13-31-19-6-3-14(9-16(19)12-28-31)10-20-21(32)29-22(33-20)30-7-1-2-8-30/h3-6,9-12H,1-2,7-8,13H2/b20-10-. The predicted molar refractivity (Wildman–Crippen MR) is 124 cm³/mol. The van der Waals surface area contributed by atoms with Gasteiger partial charge in [-0.25, -0.2) is 0 Å². The highest BCUT2D eigenvalue weighted by Gasteiger charge is 2.33. The molecule has 33 heavy (non-hydrogen) atoms. The van der Waals surface area contributed by atoms with Crippen molar-refractivity contribution in [1.82, 2.24) is 14.7 Å². The Morgan fingerprint density at radius 3 is 2.67 bits per heavy atom. The minimum Gasteiger partial charge on any atom is -0.351 e. The third-order valence-electron chi connectivity index (χ3n) is 5.65. The van der Waals surface area contributed by atoms with Crippen LogP contribution in [-0.2, 0) is 17.5 Å². The molecule has 170 valence electrons. The van der Waals surface area contributed by atoms with E-state index < -0.39 is 11.7 Å². The molecule has 0 atom stereocenters. The van der Waals surface area contributed by atoms with E-state index in [-0.39, 0.29) is 23.0 Å². The third kappa shape index (κ3) is 4.52. The second-order valence-corrected chi connectivity index (χ2v) is 9.37. The van der Waals surface area contributed by atoms with Gasteiger partial charge in [-0.1, -0.05) is 23.7 Å². The molecule has 10 heteroatoms. The van der Waals surface area contributed by atoms with Crippen molar-refractivity contribution in [2.75, 3.05) is 13.1 Å². The quantitative estimate of drug-likeness (QED) is 0.434. The van der Waals surface area contributed by atoms with Crippen molar-refractivity contribution >= 4 is 51.4 Å². The first-order chi connectivity index (χ1) is 15.8. The molecule has 3 heterocycles. The van der Waals surface area contributed by atoms with Crippen molar-refractivity contribution in [2.24, 2.45) is 4.99 Å². The lowest BCUT2D eigenvalue weighted by molar-refractivity contribution is -0.138. The van der Waals surface area contributed by atoms with E-state index in [9.17, 15) is 18.0 Å². The van der Waals surface area contributed by atoms with E-state index in [1.165, 1.54) is 28.6 Å². The summed E-state index contributed by atoms with van der Waals surface area (Å²) in [7, 11) is 0. The number of carbonyl (C=O) groups excluding carboxylic acids is 1. The predicted octanol–water partition coefficient (Wildman–Crippen LogP) is 5.82. The lowest BCUT2D eigenvalue weighted by Crippen LogP contribution is -2.23. The maximum atomic E-state index is 13.4. The van der Waals surface area contributed by atoms with Gasteiger partial charge in [0.2, 0.25) is 0 Å². The van der Waals surface area contributed by atoms with Crippen molar-refractivity contribution in [3.63, 3.8) is 0 Å². The Balaban J connectivity index is 1.39. The molecule has 0 bridgehead atoms. The SMILES string of the molecule is O=C1N=C(N2CCCC2)S/C1=C\c1ccc2c(cnn2Cc2ccc(Cl)cc2C(F)(F)F)c1. The molecule has 1 aromatic heterocycles. The van der Waals surface area contributed by atoms with Crippen LogP contribution in [0.4, 0.5) is 13.2 Å². The van der Waals surface area contributed by atoms with E-state index in [0.29, 0.717) is 10.4 Å². The van der Waals surface area contributed by atoms with Gasteiger partial charge in [-0.15, -0.1) is 0 Å². The number of carbonyl (C=O) groups is 1. The van der Waals surface area contributed by atoms with Gasteiger partial charge in [-0.05, 0) is 66.1 Å². The smallest absolute Gasteiger partial charge is 0.351 e. The molecule has 1 amide bonds. The number of nitrogens with zero attached hydrogens (tertiary/aromatic N) is 4. The van der Waals surface area contributed by atoms with Crippen LogP contribution in [0.25, 0.3) is 17.0 Å². The minimum atomic E-state index is -4.51. The van der Waals surface area contributed by atoms with Gasteiger partial charge in [0.05, 0.1) is 28.7 Å². The Labute approximate surface area is 196 Å². The largest absolute Gasteiger partial charge is 0.416 e. The van der Waals surface area contributed by atoms with Crippen molar-refractivity contribution in [3.8, 4) is 0 Å². The Bertz CT molecular complexity index is 1310. The van der Waals surface area contributed by atoms with Crippen molar-refractivity contribution < 1.29 is 18.0 Å². The average Bonchev–Trinajstić information content (AvgIpc) is 3.50. The Morgan fingerprint density at radius 2 is 1.91 bits per heavy atom. The number of fused-ring (bicyclic) bond motifs is 1.